The van der Waals surface area contributed by atoms with Crippen LogP contribution >= 0.6 is 0 Å². The number of nitrogen functional groups attached to an aromatic ring is 1. The average Bonchev–Trinajstić information content (AvgIpc) is 2.77. The predicted molar refractivity (Wildman–Crippen MR) is 116 cm³/mol. The lowest BCUT2D eigenvalue weighted by Gasteiger charge is -2.17. The van der Waals surface area contributed by atoms with Crippen LogP contribution in [0.25, 0.3) is 10.8 Å². The Bertz CT molecular complexity index is 1160. The smallest absolute Gasteiger partial charge is 0.260 e. The summed E-state index contributed by atoms with van der Waals surface area (Å²) in [6.07, 6.45) is 4.39. The summed E-state index contributed by atoms with van der Waals surface area (Å²) < 4.78 is 12.7. The fourth-order valence-electron chi connectivity index (χ4n) is 3.11. The second kappa shape index (κ2) is 9.70. The van der Waals surface area contributed by atoms with Crippen molar-refractivity contribution in [2.45, 2.75) is 26.3 Å². The molecule has 3 aromatic rings. The molecule has 31 heavy (non-hydrogen) atoms. The molecule has 10 heteroatoms. The van der Waals surface area contributed by atoms with Gasteiger partial charge in [-0.1, -0.05) is 0 Å². The van der Waals surface area contributed by atoms with Crippen LogP contribution in [0.15, 0.2) is 35.4 Å². The normalized spacial score (nSPS) is 10.6. The monoisotopic (exact) mass is 425 g/mol. The van der Waals surface area contributed by atoms with Gasteiger partial charge in [-0.2, -0.15) is 0 Å². The highest BCUT2D eigenvalue weighted by molar-refractivity contribution is 6.04. The maximum absolute atomic E-state index is 13.1. The molecule has 0 aliphatic heterocycles. The third-order valence-electron chi connectivity index (χ3n) is 4.63. The molecule has 0 saturated heterocycles. The van der Waals surface area contributed by atoms with Crippen molar-refractivity contribution < 1.29 is 19.1 Å². The first-order valence-corrected chi connectivity index (χ1v) is 9.70. The second-order valence-electron chi connectivity index (χ2n) is 6.58. The molecule has 0 bridgehead atoms. The fourth-order valence-corrected chi connectivity index (χ4v) is 3.11. The maximum atomic E-state index is 13.1. The van der Waals surface area contributed by atoms with E-state index in [9.17, 15) is 14.4 Å². The molecule has 0 radical (unpaired) electrons. The highest BCUT2D eigenvalue weighted by Crippen LogP contribution is 2.35. The Labute approximate surface area is 178 Å². The van der Waals surface area contributed by atoms with Crippen LogP contribution < -0.4 is 26.1 Å². The van der Waals surface area contributed by atoms with E-state index in [2.05, 4.69) is 15.3 Å². The number of aldehydes is 1. The van der Waals surface area contributed by atoms with Gasteiger partial charge in [-0.15, -0.1) is 0 Å². The molecule has 0 unspecified atom stereocenters. The van der Waals surface area contributed by atoms with Crippen LogP contribution in [0.5, 0.6) is 11.5 Å². The first-order valence-electron chi connectivity index (χ1n) is 9.70. The predicted octanol–water partition coefficient (Wildman–Crippen LogP) is 2.01. The zero-order chi connectivity index (χ0) is 22.4. The molecule has 0 aliphatic rings. The number of carbonyl (C=O) groups excluding carboxylic acids is 2. The van der Waals surface area contributed by atoms with Crippen molar-refractivity contribution in [1.82, 2.24) is 14.5 Å². The zero-order valence-corrected chi connectivity index (χ0v) is 17.3. The number of fused-ring (bicyclic) bond motifs is 1. The van der Waals surface area contributed by atoms with Gasteiger partial charge in [0.2, 0.25) is 5.95 Å². The molecule has 0 aliphatic carbocycles. The molecule has 1 aromatic carbocycles. The van der Waals surface area contributed by atoms with Gasteiger partial charge in [0.1, 0.15) is 12.1 Å². The number of amides is 1. The number of methoxy groups -OCH3 is 1. The van der Waals surface area contributed by atoms with Crippen molar-refractivity contribution in [3.8, 4) is 11.5 Å². The number of anilines is 2. The van der Waals surface area contributed by atoms with Crippen LogP contribution in [0.2, 0.25) is 0 Å². The van der Waals surface area contributed by atoms with Gasteiger partial charge in [0.15, 0.2) is 11.5 Å². The summed E-state index contributed by atoms with van der Waals surface area (Å²) in [5.74, 6) is 0.673. The number of benzene rings is 1. The number of hydrogen-bond donors (Lipinski definition) is 2. The fraction of sp³-hybridized carbons (Fsp3) is 0.286. The maximum Gasteiger partial charge on any atom is 0.260 e. The molecule has 2 heterocycles. The number of pyridine rings is 1. The first-order chi connectivity index (χ1) is 15.0. The van der Waals surface area contributed by atoms with Gasteiger partial charge < -0.3 is 25.3 Å². The van der Waals surface area contributed by atoms with E-state index in [0.29, 0.717) is 54.1 Å². The van der Waals surface area contributed by atoms with Gasteiger partial charge in [0.25, 0.3) is 11.5 Å². The molecule has 0 fully saturated rings. The van der Waals surface area contributed by atoms with Crippen molar-refractivity contribution in [2.24, 2.45) is 0 Å². The summed E-state index contributed by atoms with van der Waals surface area (Å²) in [6, 6.07) is 4.97. The van der Waals surface area contributed by atoms with Gasteiger partial charge in [-0.25, -0.2) is 9.97 Å². The highest BCUT2D eigenvalue weighted by Gasteiger charge is 2.17. The lowest BCUT2D eigenvalue weighted by Crippen LogP contribution is -2.25. The zero-order valence-electron chi connectivity index (χ0n) is 17.3. The molecular formula is C21H23N5O5. The van der Waals surface area contributed by atoms with E-state index < -0.39 is 5.91 Å². The second-order valence-corrected chi connectivity index (χ2v) is 6.58. The molecular weight excluding hydrogens is 402 g/mol. The lowest BCUT2D eigenvalue weighted by atomic mass is 10.1. The van der Waals surface area contributed by atoms with Crippen LogP contribution in [-0.2, 0) is 11.3 Å². The van der Waals surface area contributed by atoms with Crippen molar-refractivity contribution in [3.63, 3.8) is 0 Å². The Morgan fingerprint density at radius 1 is 1.26 bits per heavy atom. The molecule has 2 aromatic heterocycles. The summed E-state index contributed by atoms with van der Waals surface area (Å²) in [5.41, 5.74) is 5.38. The number of aromatic nitrogens is 3. The van der Waals surface area contributed by atoms with E-state index in [1.54, 1.807) is 25.1 Å². The van der Waals surface area contributed by atoms with Gasteiger partial charge >= 0.3 is 0 Å². The Balaban J connectivity index is 2.03. The highest BCUT2D eigenvalue weighted by atomic mass is 16.5. The minimum Gasteiger partial charge on any atom is -0.492 e. The van der Waals surface area contributed by atoms with Crippen molar-refractivity contribution >= 4 is 34.7 Å². The number of nitrogens with two attached hydrogens (primary N) is 1. The molecule has 3 rings (SSSR count). The minimum absolute atomic E-state index is 0.0538. The first kappa shape index (κ1) is 21.8. The van der Waals surface area contributed by atoms with Gasteiger partial charge in [0.05, 0.1) is 24.7 Å². The SMILES string of the molecule is CCn1c(NC(=O)c2cnc(N)nc2)cc2c(OC)c(OCCCC=O)ccc2c1=O. The molecule has 0 saturated carbocycles. The van der Waals surface area contributed by atoms with Crippen molar-refractivity contribution in [1.29, 1.82) is 0 Å². The van der Waals surface area contributed by atoms with E-state index >= 15 is 0 Å². The molecule has 10 nitrogen and oxygen atoms in total. The summed E-state index contributed by atoms with van der Waals surface area (Å²) in [7, 11) is 1.47. The number of ether oxygens (including phenoxy) is 2. The number of carbonyl (C=O) groups is 2. The topological polar surface area (TPSA) is 138 Å². The van der Waals surface area contributed by atoms with Gasteiger partial charge in [0, 0.05) is 30.7 Å². The summed E-state index contributed by atoms with van der Waals surface area (Å²) >= 11 is 0. The van der Waals surface area contributed by atoms with Crippen LogP contribution in [0.3, 0.4) is 0 Å². The lowest BCUT2D eigenvalue weighted by molar-refractivity contribution is -0.108. The van der Waals surface area contributed by atoms with E-state index in [1.165, 1.54) is 24.1 Å². The largest absolute Gasteiger partial charge is 0.492 e. The quantitative estimate of drug-likeness (QED) is 0.392. The Kier molecular flexibility index (Phi) is 6.81. The number of unbranched alkanes of at least 4 members (excludes halogenated alkanes) is 1. The number of hydrogen-bond acceptors (Lipinski definition) is 8. The molecule has 162 valence electrons. The van der Waals surface area contributed by atoms with Crippen LogP contribution in [0.4, 0.5) is 11.8 Å². The summed E-state index contributed by atoms with van der Waals surface area (Å²) in [5, 5.41) is 3.65. The van der Waals surface area contributed by atoms with Crippen LogP contribution in [-0.4, -0.2) is 40.4 Å². The number of rotatable bonds is 9. The third-order valence-corrected chi connectivity index (χ3v) is 4.63. The Morgan fingerprint density at radius 2 is 2.00 bits per heavy atom. The van der Waals surface area contributed by atoms with E-state index in [0.717, 1.165) is 6.29 Å². The van der Waals surface area contributed by atoms with Crippen molar-refractivity contribution in [3.05, 3.63) is 46.5 Å². The average molecular weight is 425 g/mol. The molecule has 3 N–H and O–H groups in total. The van der Waals surface area contributed by atoms with E-state index in [-0.39, 0.29) is 17.1 Å². The van der Waals surface area contributed by atoms with Gasteiger partial charge in [-0.3, -0.25) is 14.2 Å². The Hall–Kier alpha value is -3.95. The van der Waals surface area contributed by atoms with Crippen LogP contribution in [0.1, 0.15) is 30.1 Å². The Morgan fingerprint density at radius 3 is 2.65 bits per heavy atom. The van der Waals surface area contributed by atoms with Gasteiger partial charge in [-0.05, 0) is 31.5 Å². The number of nitrogens with one attached hydrogen (secondary N) is 1. The minimum atomic E-state index is -0.485. The summed E-state index contributed by atoms with van der Waals surface area (Å²) in [6.45, 7) is 2.47. The van der Waals surface area contributed by atoms with E-state index in [4.69, 9.17) is 15.2 Å². The summed E-state index contributed by atoms with van der Waals surface area (Å²) in [4.78, 5) is 43.8. The molecule has 0 spiro atoms. The molecule has 1 amide bonds. The molecule has 0 atom stereocenters. The third kappa shape index (κ3) is 4.63. The van der Waals surface area contributed by atoms with Crippen molar-refractivity contribution in [2.75, 3.05) is 24.8 Å². The van der Waals surface area contributed by atoms with E-state index in [1.807, 2.05) is 0 Å². The number of nitrogens with zero attached hydrogens (tertiary/aromatic N) is 3. The van der Waals surface area contributed by atoms with Crippen LogP contribution in [0, 0.1) is 0 Å². The standard InChI is InChI=1S/C21H23N5O5/c1-3-26-17(25-19(28)13-11-23-21(22)24-12-13)10-15-14(20(26)29)6-7-16(18(15)30-2)31-9-5-4-8-27/h6-8,10-12H,3-5,9H2,1-2H3,(H,25,28)(H2,22,23,24).